The molecular weight excluding hydrogens is 271 g/mol. The summed E-state index contributed by atoms with van der Waals surface area (Å²) < 4.78 is 14.2. The lowest BCUT2D eigenvalue weighted by Crippen LogP contribution is -2.42. The number of anilines is 1. The Hall–Kier alpha value is -1.69. The highest BCUT2D eigenvalue weighted by Gasteiger charge is 2.26. The topological polar surface area (TPSA) is 71.2 Å². The number of pyridine rings is 1. The maximum Gasteiger partial charge on any atom is 0.257 e. The van der Waals surface area contributed by atoms with E-state index in [9.17, 15) is 9.18 Å². The third-order valence-electron chi connectivity index (χ3n) is 3.46. The summed E-state index contributed by atoms with van der Waals surface area (Å²) in [6, 6.07) is 1.50. The van der Waals surface area contributed by atoms with Crippen molar-refractivity contribution in [1.29, 1.82) is 0 Å². The number of hydrogen-bond acceptors (Lipinski definition) is 4. The molecule has 1 rings (SSSR count). The van der Waals surface area contributed by atoms with Gasteiger partial charge in [0.25, 0.3) is 5.91 Å². The molecule has 0 aliphatic rings. The number of nitrogens with zero attached hydrogens (tertiary/aromatic N) is 2. The molecule has 0 fully saturated rings. The van der Waals surface area contributed by atoms with Gasteiger partial charge in [0.05, 0.1) is 5.56 Å². The number of carbonyl (C=O) groups excluding carboxylic acids is 1. The van der Waals surface area contributed by atoms with Crippen molar-refractivity contribution in [3.63, 3.8) is 0 Å². The van der Waals surface area contributed by atoms with Crippen LogP contribution in [0.2, 0.25) is 0 Å². The first kappa shape index (κ1) is 17.4. The van der Waals surface area contributed by atoms with Gasteiger partial charge in [0.15, 0.2) is 11.6 Å². The molecule has 0 aliphatic carbocycles. The lowest BCUT2D eigenvalue weighted by atomic mass is 10.1. The van der Waals surface area contributed by atoms with Crippen molar-refractivity contribution in [1.82, 2.24) is 9.88 Å². The van der Waals surface area contributed by atoms with E-state index in [0.29, 0.717) is 12.5 Å². The highest BCUT2D eigenvalue weighted by molar-refractivity contribution is 5.95. The summed E-state index contributed by atoms with van der Waals surface area (Å²) in [5.41, 5.74) is 2.18. The van der Waals surface area contributed by atoms with Crippen molar-refractivity contribution >= 4 is 11.7 Å². The minimum atomic E-state index is -0.704. The quantitative estimate of drug-likeness (QED) is 0.599. The molecule has 0 saturated carbocycles. The first-order valence-corrected chi connectivity index (χ1v) is 7.38. The molecule has 0 aliphatic heterocycles. The van der Waals surface area contributed by atoms with Crippen LogP contribution in [0.5, 0.6) is 0 Å². The molecule has 0 aromatic carbocycles. The Bertz CT molecular complexity index is 475. The predicted octanol–water partition coefficient (Wildman–Crippen LogP) is 2.79. The maximum atomic E-state index is 14.2. The van der Waals surface area contributed by atoms with E-state index >= 15 is 0 Å². The Labute approximate surface area is 125 Å². The summed E-state index contributed by atoms with van der Waals surface area (Å²) in [5, 5.41) is 0. The van der Waals surface area contributed by atoms with Crippen LogP contribution in [0.3, 0.4) is 0 Å². The molecular formula is C15H25FN4O. The van der Waals surface area contributed by atoms with Crippen LogP contribution in [0.1, 0.15) is 50.9 Å². The maximum absolute atomic E-state index is 14.2. The minimum Gasteiger partial charge on any atom is -0.335 e. The van der Waals surface area contributed by atoms with E-state index in [-0.39, 0.29) is 23.3 Å². The van der Waals surface area contributed by atoms with Crippen molar-refractivity contribution in [2.75, 3.05) is 12.0 Å². The molecule has 0 atom stereocenters. The summed E-state index contributed by atoms with van der Waals surface area (Å²) in [5.74, 6) is 4.39. The molecule has 0 radical (unpaired) electrons. The molecule has 6 heteroatoms. The molecule has 118 valence electrons. The zero-order valence-electron chi connectivity index (χ0n) is 13.2. The van der Waals surface area contributed by atoms with Gasteiger partial charge in [-0.2, -0.15) is 0 Å². The minimum absolute atomic E-state index is 0.00509. The Balaban J connectivity index is 3.16. The SMILES string of the molecule is CCC(CC)N(CC(C)C)C(=O)c1ccnc(NN)c1F. The second kappa shape index (κ2) is 7.93. The zero-order valence-corrected chi connectivity index (χ0v) is 13.2. The van der Waals surface area contributed by atoms with Gasteiger partial charge in [-0.25, -0.2) is 15.2 Å². The molecule has 1 amide bonds. The van der Waals surface area contributed by atoms with Crippen molar-refractivity contribution in [2.24, 2.45) is 11.8 Å². The Morgan fingerprint density at radius 1 is 1.43 bits per heavy atom. The van der Waals surface area contributed by atoms with Gasteiger partial charge >= 0.3 is 0 Å². The van der Waals surface area contributed by atoms with Crippen LogP contribution in [-0.4, -0.2) is 28.4 Å². The highest BCUT2D eigenvalue weighted by atomic mass is 19.1. The Morgan fingerprint density at radius 3 is 2.52 bits per heavy atom. The van der Waals surface area contributed by atoms with Gasteiger partial charge in [-0.05, 0) is 24.8 Å². The van der Waals surface area contributed by atoms with Crippen molar-refractivity contribution in [3.8, 4) is 0 Å². The first-order valence-electron chi connectivity index (χ1n) is 7.38. The average Bonchev–Trinajstić information content (AvgIpc) is 2.46. The lowest BCUT2D eigenvalue weighted by molar-refractivity contribution is 0.0635. The van der Waals surface area contributed by atoms with E-state index < -0.39 is 5.82 Å². The molecule has 1 aromatic heterocycles. The van der Waals surface area contributed by atoms with E-state index in [2.05, 4.69) is 10.4 Å². The molecule has 0 bridgehead atoms. The first-order chi connectivity index (χ1) is 9.96. The van der Waals surface area contributed by atoms with Crippen LogP contribution in [0.4, 0.5) is 10.2 Å². The van der Waals surface area contributed by atoms with Gasteiger partial charge < -0.3 is 10.3 Å². The Morgan fingerprint density at radius 2 is 2.05 bits per heavy atom. The number of carbonyl (C=O) groups is 1. The number of amides is 1. The molecule has 3 N–H and O–H groups in total. The largest absolute Gasteiger partial charge is 0.335 e. The third kappa shape index (κ3) is 4.14. The van der Waals surface area contributed by atoms with Crippen LogP contribution < -0.4 is 11.3 Å². The molecule has 0 unspecified atom stereocenters. The second-order valence-electron chi connectivity index (χ2n) is 5.49. The van der Waals surface area contributed by atoms with Crippen LogP contribution in [0.15, 0.2) is 12.3 Å². The van der Waals surface area contributed by atoms with Gasteiger partial charge in [0.1, 0.15) is 0 Å². The van der Waals surface area contributed by atoms with Gasteiger partial charge in [-0.15, -0.1) is 0 Å². The van der Waals surface area contributed by atoms with E-state index in [4.69, 9.17) is 5.84 Å². The molecule has 5 nitrogen and oxygen atoms in total. The number of hydrogen-bond donors (Lipinski definition) is 2. The predicted molar refractivity (Wildman–Crippen MR) is 82.2 cm³/mol. The lowest BCUT2D eigenvalue weighted by Gasteiger charge is -2.32. The smallest absolute Gasteiger partial charge is 0.257 e. The van der Waals surface area contributed by atoms with Gasteiger partial charge in [0.2, 0.25) is 0 Å². The fourth-order valence-electron chi connectivity index (χ4n) is 2.38. The standard InChI is InChI=1S/C15H25FN4O/c1-5-11(6-2)20(9-10(3)4)15(21)12-7-8-18-14(19-17)13(12)16/h7-8,10-11H,5-6,9,17H2,1-4H3,(H,18,19). The summed E-state index contributed by atoms with van der Waals surface area (Å²) >= 11 is 0. The van der Waals surface area contributed by atoms with E-state index in [1.165, 1.54) is 12.3 Å². The molecule has 21 heavy (non-hydrogen) atoms. The van der Waals surface area contributed by atoms with Crippen molar-refractivity contribution in [2.45, 2.75) is 46.6 Å². The number of aromatic nitrogens is 1. The van der Waals surface area contributed by atoms with E-state index in [1.807, 2.05) is 27.7 Å². The zero-order chi connectivity index (χ0) is 16.0. The third-order valence-corrected chi connectivity index (χ3v) is 3.46. The fourth-order valence-corrected chi connectivity index (χ4v) is 2.38. The summed E-state index contributed by atoms with van der Waals surface area (Å²) in [7, 11) is 0. The summed E-state index contributed by atoms with van der Waals surface area (Å²) in [6.07, 6.45) is 3.05. The molecule has 1 heterocycles. The van der Waals surface area contributed by atoms with Crippen LogP contribution >= 0.6 is 0 Å². The monoisotopic (exact) mass is 296 g/mol. The van der Waals surface area contributed by atoms with Crippen molar-refractivity contribution in [3.05, 3.63) is 23.6 Å². The Kier molecular flexibility index (Phi) is 6.55. The number of hydrazine groups is 1. The number of rotatable bonds is 7. The van der Waals surface area contributed by atoms with Gasteiger partial charge in [-0.3, -0.25) is 4.79 Å². The van der Waals surface area contributed by atoms with Crippen LogP contribution in [0, 0.1) is 11.7 Å². The van der Waals surface area contributed by atoms with Crippen molar-refractivity contribution < 1.29 is 9.18 Å². The molecule has 0 saturated heterocycles. The van der Waals surface area contributed by atoms with Gasteiger partial charge in [-0.1, -0.05) is 27.7 Å². The highest BCUT2D eigenvalue weighted by Crippen LogP contribution is 2.20. The van der Waals surface area contributed by atoms with E-state index in [1.54, 1.807) is 4.90 Å². The fraction of sp³-hybridized carbons (Fsp3) is 0.600. The number of nitrogen functional groups attached to an aromatic ring is 1. The number of nitrogens with two attached hydrogens (primary N) is 1. The van der Waals surface area contributed by atoms with Crippen LogP contribution in [-0.2, 0) is 0 Å². The molecule has 1 aromatic rings. The summed E-state index contributed by atoms with van der Waals surface area (Å²) in [6.45, 7) is 8.74. The van der Waals surface area contributed by atoms with Crippen LogP contribution in [0.25, 0.3) is 0 Å². The van der Waals surface area contributed by atoms with Gasteiger partial charge in [0, 0.05) is 18.8 Å². The summed E-state index contributed by atoms with van der Waals surface area (Å²) in [4.78, 5) is 18.2. The normalized spacial score (nSPS) is 11.0. The number of nitrogens with one attached hydrogen (secondary N) is 1. The second-order valence-corrected chi connectivity index (χ2v) is 5.49. The van der Waals surface area contributed by atoms with E-state index in [0.717, 1.165) is 12.8 Å². The molecule has 0 spiro atoms. The average molecular weight is 296 g/mol. The number of halogens is 1.